The molecular formula is C20H39LiN2O11. The second-order valence-electron chi connectivity index (χ2n) is 8.16. The molecule has 196 valence electrons. The first-order valence-electron chi connectivity index (χ1n) is 10.1. The van der Waals surface area contributed by atoms with Gasteiger partial charge in [0, 0.05) is 13.1 Å². The van der Waals surface area contributed by atoms with E-state index in [1.54, 1.807) is 48.5 Å². The predicted octanol–water partition coefficient (Wildman–Crippen LogP) is -1.47. The molecule has 0 saturated heterocycles. The number of nitrogens with one attached hydrogen (secondary N) is 2. The van der Waals surface area contributed by atoms with Crippen LogP contribution in [0.4, 0.5) is 9.59 Å². The molecule has 0 aliphatic carbocycles. The first-order valence-corrected chi connectivity index (χ1v) is 10.1. The fourth-order valence-electron chi connectivity index (χ4n) is 1.60. The Morgan fingerprint density at radius 1 is 0.765 bits per heavy atom. The van der Waals surface area contributed by atoms with Gasteiger partial charge in [0.25, 0.3) is 0 Å². The zero-order valence-electron chi connectivity index (χ0n) is 21.5. The summed E-state index contributed by atoms with van der Waals surface area (Å²) in [6, 6.07) is 0. The quantitative estimate of drug-likeness (QED) is 0.133. The molecule has 0 aliphatic heterocycles. The Labute approximate surface area is 213 Å². The maximum Gasteiger partial charge on any atom is 1.00 e. The van der Waals surface area contributed by atoms with E-state index in [-0.39, 0.29) is 63.9 Å². The molecule has 0 unspecified atom stereocenters. The molecule has 0 rings (SSSR count). The van der Waals surface area contributed by atoms with Gasteiger partial charge in [-0.1, -0.05) is 0 Å². The predicted molar refractivity (Wildman–Crippen MR) is 116 cm³/mol. The number of esters is 1. The molecule has 0 saturated carbocycles. The van der Waals surface area contributed by atoms with Gasteiger partial charge in [0.15, 0.2) is 0 Å². The molecule has 0 aliphatic rings. The Bertz CT molecular complexity index is 576. The van der Waals surface area contributed by atoms with Crippen molar-refractivity contribution >= 4 is 24.1 Å². The molecule has 2 amide bonds. The molecule has 0 aromatic carbocycles. The van der Waals surface area contributed by atoms with Gasteiger partial charge >= 0.3 is 43.0 Å². The molecule has 0 aromatic rings. The second kappa shape index (κ2) is 21.5. The van der Waals surface area contributed by atoms with Gasteiger partial charge < -0.3 is 44.9 Å². The fourth-order valence-corrected chi connectivity index (χ4v) is 1.60. The number of carbonyl (C=O) groups excluding carboxylic acids is 3. The number of hydrogen-bond donors (Lipinski definition) is 3. The molecule has 34 heavy (non-hydrogen) atoms. The van der Waals surface area contributed by atoms with Gasteiger partial charge in [-0.2, -0.15) is 0 Å². The number of hydrogen-bond acceptors (Lipinski definition) is 10. The number of aliphatic carboxylic acids is 1. The molecule has 0 bridgehead atoms. The van der Waals surface area contributed by atoms with E-state index in [9.17, 15) is 19.2 Å². The summed E-state index contributed by atoms with van der Waals surface area (Å²) >= 11 is 0. The molecule has 0 aromatic heterocycles. The topological polar surface area (TPSA) is 189 Å². The second-order valence-corrected chi connectivity index (χ2v) is 8.16. The summed E-state index contributed by atoms with van der Waals surface area (Å²) in [5, 5.41) is 13.2. The van der Waals surface area contributed by atoms with E-state index in [1.165, 1.54) is 0 Å². The van der Waals surface area contributed by atoms with Gasteiger partial charge in [-0.25, -0.2) is 19.2 Å². The first kappa shape index (κ1) is 39.2. The van der Waals surface area contributed by atoms with Gasteiger partial charge in [0.05, 0.1) is 19.8 Å². The number of amides is 2. The minimum absolute atomic E-state index is 0. The van der Waals surface area contributed by atoms with Crippen LogP contribution in [0.5, 0.6) is 0 Å². The van der Waals surface area contributed by atoms with Gasteiger partial charge in [-0.05, 0) is 48.5 Å². The SMILES string of the molecule is CC(C)(C)OC(=O)NCCOCC(=O)O.CCOC(=O)COCCNC(=O)OC(C)(C)C.[Li+].[OH-]. The third-order valence-electron chi connectivity index (χ3n) is 2.58. The largest absolute Gasteiger partial charge is 1.00 e. The number of carboxylic acid groups (broad SMARTS) is 1. The normalized spacial score (nSPS) is 10.2. The van der Waals surface area contributed by atoms with Gasteiger partial charge in [-0.15, -0.1) is 0 Å². The number of alkyl carbamates (subject to hydrolysis) is 2. The number of rotatable bonds is 11. The van der Waals surface area contributed by atoms with Crippen molar-refractivity contribution in [2.75, 3.05) is 46.1 Å². The first-order chi connectivity index (χ1) is 14.7. The van der Waals surface area contributed by atoms with Crippen LogP contribution in [0.1, 0.15) is 48.5 Å². The Kier molecular flexibility index (Phi) is 24.8. The van der Waals surface area contributed by atoms with E-state index in [0.717, 1.165) is 0 Å². The standard InChI is InChI=1S/C11H21NO5.C9H17NO5.Li.H2O/c1-5-16-9(13)8-15-7-6-12-10(14)17-11(2,3)4;1-9(2,3)15-8(13)10-4-5-14-6-7(11)12;;/h5-8H2,1-4H3,(H,12,14);4-6H2,1-3H3,(H,10,13)(H,11,12);;1H2/q;;+1;/p-1. The maximum absolute atomic E-state index is 11.2. The van der Waals surface area contributed by atoms with Crippen LogP contribution in [0.3, 0.4) is 0 Å². The Morgan fingerprint density at radius 3 is 1.47 bits per heavy atom. The number of ether oxygens (including phenoxy) is 5. The molecule has 0 fully saturated rings. The van der Waals surface area contributed by atoms with E-state index in [4.69, 9.17) is 24.1 Å². The molecule has 14 heteroatoms. The molecule has 13 nitrogen and oxygen atoms in total. The van der Waals surface area contributed by atoms with Crippen LogP contribution < -0.4 is 29.5 Å². The molecule has 0 heterocycles. The number of carboxylic acids is 1. The van der Waals surface area contributed by atoms with Gasteiger partial charge in [0.1, 0.15) is 24.4 Å². The van der Waals surface area contributed by atoms with Crippen LogP contribution in [0.15, 0.2) is 0 Å². The Morgan fingerprint density at radius 2 is 1.15 bits per heavy atom. The van der Waals surface area contributed by atoms with Crippen molar-refractivity contribution in [2.24, 2.45) is 0 Å². The summed E-state index contributed by atoms with van der Waals surface area (Å²) in [6.45, 7) is 13.1. The van der Waals surface area contributed by atoms with Crippen molar-refractivity contribution in [3.8, 4) is 0 Å². The molecular weight excluding hydrogens is 451 g/mol. The van der Waals surface area contributed by atoms with Crippen LogP contribution in [0.2, 0.25) is 0 Å². The van der Waals surface area contributed by atoms with E-state index < -0.39 is 35.3 Å². The van der Waals surface area contributed by atoms with Crippen molar-refractivity contribution in [2.45, 2.75) is 59.7 Å². The Hall–Kier alpha value is -2.04. The van der Waals surface area contributed by atoms with E-state index >= 15 is 0 Å². The van der Waals surface area contributed by atoms with Crippen molar-refractivity contribution < 1.29 is 72.3 Å². The van der Waals surface area contributed by atoms with Gasteiger partial charge in [-0.3, -0.25) is 0 Å². The summed E-state index contributed by atoms with van der Waals surface area (Å²) < 4.78 is 24.3. The summed E-state index contributed by atoms with van der Waals surface area (Å²) in [5.41, 5.74) is -1.05. The molecule has 0 atom stereocenters. The summed E-state index contributed by atoms with van der Waals surface area (Å²) in [6.07, 6.45) is -1.04. The third-order valence-corrected chi connectivity index (χ3v) is 2.58. The van der Waals surface area contributed by atoms with Gasteiger partial charge in [0.2, 0.25) is 0 Å². The van der Waals surface area contributed by atoms with Crippen LogP contribution in [0, 0.1) is 0 Å². The van der Waals surface area contributed by atoms with E-state index in [0.29, 0.717) is 6.61 Å². The smallest absolute Gasteiger partial charge is 0.870 e. The average Bonchev–Trinajstić information content (AvgIpc) is 2.58. The fraction of sp³-hybridized carbons (Fsp3) is 0.800. The van der Waals surface area contributed by atoms with Crippen LogP contribution in [-0.4, -0.2) is 92.0 Å². The molecule has 0 spiro atoms. The average molecular weight is 490 g/mol. The zero-order chi connectivity index (χ0) is 25.2. The third kappa shape index (κ3) is 34.6. The van der Waals surface area contributed by atoms with Crippen LogP contribution in [0.25, 0.3) is 0 Å². The van der Waals surface area contributed by atoms with Crippen LogP contribution in [-0.2, 0) is 33.3 Å². The minimum atomic E-state index is -1.03. The van der Waals surface area contributed by atoms with Crippen molar-refractivity contribution in [1.82, 2.24) is 10.6 Å². The van der Waals surface area contributed by atoms with Crippen molar-refractivity contribution in [1.29, 1.82) is 0 Å². The molecule has 4 N–H and O–H groups in total. The molecule has 0 radical (unpaired) electrons. The number of carbonyl (C=O) groups is 4. The summed E-state index contributed by atoms with van der Waals surface area (Å²) in [7, 11) is 0. The summed E-state index contributed by atoms with van der Waals surface area (Å²) in [4.78, 5) is 43.1. The monoisotopic (exact) mass is 490 g/mol. The van der Waals surface area contributed by atoms with Crippen LogP contribution >= 0.6 is 0 Å². The van der Waals surface area contributed by atoms with E-state index in [2.05, 4.69) is 15.4 Å². The Balaban J connectivity index is -0.000000252. The minimum Gasteiger partial charge on any atom is -0.870 e. The maximum atomic E-state index is 11.2. The zero-order valence-corrected chi connectivity index (χ0v) is 21.5. The summed E-state index contributed by atoms with van der Waals surface area (Å²) in [5.74, 6) is -1.45. The van der Waals surface area contributed by atoms with Crippen molar-refractivity contribution in [3.05, 3.63) is 0 Å². The van der Waals surface area contributed by atoms with E-state index in [1.807, 2.05) is 0 Å². The van der Waals surface area contributed by atoms with Crippen molar-refractivity contribution in [3.63, 3.8) is 0 Å².